The van der Waals surface area contributed by atoms with E-state index in [1.807, 2.05) is 6.08 Å². The van der Waals surface area contributed by atoms with Gasteiger partial charge >= 0.3 is 5.97 Å². The van der Waals surface area contributed by atoms with Gasteiger partial charge < -0.3 is 4.74 Å². The highest BCUT2D eigenvalue weighted by Crippen LogP contribution is 2.14. The standard InChI is InChI=1S/C11H14O3/c1-2-5-11(13)14-8-9-6-3-4-7-10(9)12/h2,5-6H,3-4,7-8H2,1H3. The second kappa shape index (κ2) is 5.37. The largest absolute Gasteiger partial charge is 0.458 e. The molecular formula is C11H14O3. The predicted octanol–water partition coefficient (Wildman–Crippen LogP) is 1.79. The predicted molar refractivity (Wildman–Crippen MR) is 52.7 cm³/mol. The molecule has 0 aromatic rings. The second-order valence-electron chi connectivity index (χ2n) is 3.15. The number of carbonyl (C=O) groups excluding carboxylic acids is 2. The topological polar surface area (TPSA) is 43.4 Å². The van der Waals surface area contributed by atoms with Crippen molar-refractivity contribution in [2.24, 2.45) is 0 Å². The Labute approximate surface area is 83.4 Å². The van der Waals surface area contributed by atoms with Crippen LogP contribution in [0.2, 0.25) is 0 Å². The molecule has 1 aliphatic carbocycles. The van der Waals surface area contributed by atoms with Gasteiger partial charge in [-0.1, -0.05) is 12.2 Å². The molecule has 0 aromatic heterocycles. The summed E-state index contributed by atoms with van der Waals surface area (Å²) < 4.78 is 4.88. The third-order valence-corrected chi connectivity index (χ3v) is 2.03. The van der Waals surface area contributed by atoms with Gasteiger partial charge in [-0.05, 0) is 19.8 Å². The van der Waals surface area contributed by atoms with Crippen LogP contribution in [0.5, 0.6) is 0 Å². The van der Waals surface area contributed by atoms with Crippen molar-refractivity contribution >= 4 is 11.8 Å². The number of ether oxygens (including phenoxy) is 1. The minimum atomic E-state index is -0.397. The Hall–Kier alpha value is -1.38. The molecule has 1 rings (SSSR count). The van der Waals surface area contributed by atoms with Crippen LogP contribution in [0.25, 0.3) is 0 Å². The van der Waals surface area contributed by atoms with Crippen molar-refractivity contribution in [3.8, 4) is 0 Å². The maximum Gasteiger partial charge on any atom is 0.330 e. The van der Waals surface area contributed by atoms with E-state index in [0.717, 1.165) is 12.8 Å². The summed E-state index contributed by atoms with van der Waals surface area (Å²) in [6.45, 7) is 1.86. The molecule has 0 spiro atoms. The first-order valence-electron chi connectivity index (χ1n) is 4.75. The third kappa shape index (κ3) is 3.17. The first-order valence-corrected chi connectivity index (χ1v) is 4.75. The van der Waals surface area contributed by atoms with Crippen molar-refractivity contribution in [3.05, 3.63) is 23.8 Å². The van der Waals surface area contributed by atoms with Crippen LogP contribution < -0.4 is 0 Å². The Morgan fingerprint density at radius 3 is 3.07 bits per heavy atom. The van der Waals surface area contributed by atoms with Gasteiger partial charge in [-0.25, -0.2) is 4.79 Å². The van der Waals surface area contributed by atoms with E-state index >= 15 is 0 Å². The van der Waals surface area contributed by atoms with Crippen LogP contribution in [0, 0.1) is 0 Å². The van der Waals surface area contributed by atoms with E-state index in [-0.39, 0.29) is 12.4 Å². The Kier molecular flexibility index (Phi) is 4.11. The van der Waals surface area contributed by atoms with Gasteiger partial charge in [0.1, 0.15) is 6.61 Å². The highest BCUT2D eigenvalue weighted by Gasteiger charge is 2.14. The number of hydrogen-bond donors (Lipinski definition) is 0. The summed E-state index contributed by atoms with van der Waals surface area (Å²) in [5, 5.41) is 0. The lowest BCUT2D eigenvalue weighted by Crippen LogP contribution is -2.14. The molecule has 0 atom stereocenters. The Bertz CT molecular complexity index is 287. The van der Waals surface area contributed by atoms with Crippen molar-refractivity contribution in [3.63, 3.8) is 0 Å². The minimum Gasteiger partial charge on any atom is -0.458 e. The molecule has 0 heterocycles. The maximum absolute atomic E-state index is 11.3. The van der Waals surface area contributed by atoms with Gasteiger partial charge in [-0.15, -0.1) is 0 Å². The van der Waals surface area contributed by atoms with E-state index in [1.54, 1.807) is 13.0 Å². The number of allylic oxidation sites excluding steroid dienone is 2. The Balaban J connectivity index is 2.40. The maximum atomic E-state index is 11.3. The second-order valence-corrected chi connectivity index (χ2v) is 3.15. The molecule has 0 saturated heterocycles. The molecule has 3 nitrogen and oxygen atoms in total. The van der Waals surface area contributed by atoms with Gasteiger partial charge in [0.2, 0.25) is 0 Å². The van der Waals surface area contributed by atoms with E-state index < -0.39 is 5.97 Å². The van der Waals surface area contributed by atoms with E-state index in [4.69, 9.17) is 4.74 Å². The van der Waals surface area contributed by atoms with Crippen LogP contribution in [0.15, 0.2) is 23.8 Å². The smallest absolute Gasteiger partial charge is 0.330 e. The summed E-state index contributed by atoms with van der Waals surface area (Å²) in [7, 11) is 0. The summed E-state index contributed by atoms with van der Waals surface area (Å²) in [4.78, 5) is 22.2. The summed E-state index contributed by atoms with van der Waals surface area (Å²) in [5.74, 6) is -0.295. The molecule has 0 unspecified atom stereocenters. The van der Waals surface area contributed by atoms with E-state index in [1.165, 1.54) is 6.08 Å². The monoisotopic (exact) mass is 194 g/mol. The fourth-order valence-corrected chi connectivity index (χ4v) is 1.29. The molecular weight excluding hydrogens is 180 g/mol. The number of hydrogen-bond acceptors (Lipinski definition) is 3. The molecule has 1 aliphatic rings. The molecule has 0 aromatic carbocycles. The zero-order valence-electron chi connectivity index (χ0n) is 8.29. The van der Waals surface area contributed by atoms with Crippen molar-refractivity contribution in [2.75, 3.05) is 6.61 Å². The van der Waals surface area contributed by atoms with Crippen molar-refractivity contribution in [1.82, 2.24) is 0 Å². The zero-order valence-corrected chi connectivity index (χ0v) is 8.29. The summed E-state index contributed by atoms with van der Waals surface area (Å²) in [6, 6.07) is 0. The Morgan fingerprint density at radius 2 is 2.43 bits per heavy atom. The third-order valence-electron chi connectivity index (χ3n) is 2.03. The summed E-state index contributed by atoms with van der Waals surface area (Å²) in [6.07, 6.45) is 7.20. The molecule has 0 N–H and O–H groups in total. The number of Topliss-reactive ketones (excluding diaryl/α,β-unsaturated/α-hetero) is 1. The van der Waals surface area contributed by atoms with Gasteiger partial charge in [-0.2, -0.15) is 0 Å². The lowest BCUT2D eigenvalue weighted by Gasteiger charge is -2.10. The molecule has 0 aliphatic heterocycles. The zero-order chi connectivity index (χ0) is 10.4. The van der Waals surface area contributed by atoms with Crippen LogP contribution in [0.4, 0.5) is 0 Å². The van der Waals surface area contributed by atoms with Gasteiger partial charge in [-0.3, -0.25) is 4.79 Å². The molecule has 0 saturated carbocycles. The van der Waals surface area contributed by atoms with Crippen LogP contribution in [0.3, 0.4) is 0 Å². The normalized spacial score (nSPS) is 16.9. The lowest BCUT2D eigenvalue weighted by molar-refractivity contribution is -0.137. The number of rotatable bonds is 3. The summed E-state index contributed by atoms with van der Waals surface area (Å²) in [5.41, 5.74) is 0.633. The lowest BCUT2D eigenvalue weighted by atomic mass is 9.99. The number of carbonyl (C=O) groups is 2. The van der Waals surface area contributed by atoms with Gasteiger partial charge in [0, 0.05) is 18.1 Å². The Morgan fingerprint density at radius 1 is 1.64 bits per heavy atom. The molecule has 0 amide bonds. The highest BCUT2D eigenvalue weighted by atomic mass is 16.5. The van der Waals surface area contributed by atoms with Gasteiger partial charge in [0.25, 0.3) is 0 Å². The van der Waals surface area contributed by atoms with E-state index in [0.29, 0.717) is 12.0 Å². The average molecular weight is 194 g/mol. The first kappa shape index (κ1) is 10.7. The SMILES string of the molecule is CC=CC(=O)OCC1=CCCCC1=O. The molecule has 76 valence electrons. The fourth-order valence-electron chi connectivity index (χ4n) is 1.29. The molecule has 0 fully saturated rings. The van der Waals surface area contributed by atoms with Crippen molar-refractivity contribution < 1.29 is 14.3 Å². The number of ketones is 1. The van der Waals surface area contributed by atoms with Crippen LogP contribution in [-0.2, 0) is 14.3 Å². The van der Waals surface area contributed by atoms with E-state index in [2.05, 4.69) is 0 Å². The minimum absolute atomic E-state index is 0.101. The average Bonchev–Trinajstić information content (AvgIpc) is 2.17. The highest BCUT2D eigenvalue weighted by molar-refractivity contribution is 5.96. The van der Waals surface area contributed by atoms with E-state index in [9.17, 15) is 9.59 Å². The van der Waals surface area contributed by atoms with Crippen LogP contribution >= 0.6 is 0 Å². The summed E-state index contributed by atoms with van der Waals surface area (Å²) >= 11 is 0. The fraction of sp³-hybridized carbons (Fsp3) is 0.455. The van der Waals surface area contributed by atoms with Crippen molar-refractivity contribution in [2.45, 2.75) is 26.2 Å². The quantitative estimate of drug-likeness (QED) is 0.508. The molecule has 0 radical (unpaired) electrons. The molecule has 3 heteroatoms. The van der Waals surface area contributed by atoms with Crippen molar-refractivity contribution in [1.29, 1.82) is 0 Å². The first-order chi connectivity index (χ1) is 6.74. The molecule has 14 heavy (non-hydrogen) atoms. The van der Waals surface area contributed by atoms with Gasteiger partial charge in [0.15, 0.2) is 5.78 Å². The number of esters is 1. The van der Waals surface area contributed by atoms with Gasteiger partial charge in [0.05, 0.1) is 0 Å². The van der Waals surface area contributed by atoms with Crippen LogP contribution in [0.1, 0.15) is 26.2 Å². The van der Waals surface area contributed by atoms with Crippen LogP contribution in [-0.4, -0.2) is 18.4 Å². The molecule has 0 bridgehead atoms.